The van der Waals surface area contributed by atoms with E-state index in [9.17, 15) is 0 Å². The summed E-state index contributed by atoms with van der Waals surface area (Å²) in [4.78, 5) is 0. The minimum Gasteiger partial charge on any atom is -0.490 e. The van der Waals surface area contributed by atoms with Crippen LogP contribution in [-0.2, 0) is 9.47 Å². The molecule has 0 spiro atoms. The molecule has 2 heterocycles. The molecule has 0 radical (unpaired) electrons. The van der Waals surface area contributed by atoms with Crippen LogP contribution in [0.25, 0.3) is 10.8 Å². The first kappa shape index (κ1) is 13.2. The zero-order valence-electron chi connectivity index (χ0n) is 11.4. The van der Waals surface area contributed by atoms with E-state index in [0.29, 0.717) is 18.2 Å². The van der Waals surface area contributed by atoms with Gasteiger partial charge >= 0.3 is 0 Å². The molecular formula is C16H15ClO4. The lowest BCUT2D eigenvalue weighted by atomic mass is 10.1. The summed E-state index contributed by atoms with van der Waals surface area (Å²) in [6, 6.07) is 9.59. The predicted octanol–water partition coefficient (Wildman–Crippen LogP) is 3.05. The van der Waals surface area contributed by atoms with Crippen molar-refractivity contribution in [1.82, 2.24) is 0 Å². The fraction of sp³-hybridized carbons (Fsp3) is 0.375. The highest BCUT2D eigenvalue weighted by molar-refractivity contribution is 6.36. The maximum absolute atomic E-state index is 6.35. The van der Waals surface area contributed by atoms with E-state index < -0.39 is 0 Å². The highest BCUT2D eigenvalue weighted by Gasteiger charge is 2.25. The second kappa shape index (κ2) is 5.37. The Morgan fingerprint density at radius 2 is 1.57 bits per heavy atom. The lowest BCUT2D eigenvalue weighted by Gasteiger charge is -2.13. The van der Waals surface area contributed by atoms with E-state index in [1.54, 1.807) is 0 Å². The largest absolute Gasteiger partial charge is 0.490 e. The number of fused-ring (bicyclic) bond motifs is 1. The summed E-state index contributed by atoms with van der Waals surface area (Å²) in [5.41, 5.74) is 0. The van der Waals surface area contributed by atoms with Crippen molar-refractivity contribution in [1.29, 1.82) is 0 Å². The second-order valence-electron chi connectivity index (χ2n) is 5.26. The van der Waals surface area contributed by atoms with Gasteiger partial charge in [0.15, 0.2) is 0 Å². The van der Waals surface area contributed by atoms with Gasteiger partial charge in [0.1, 0.15) is 36.9 Å². The van der Waals surface area contributed by atoms with Gasteiger partial charge in [-0.25, -0.2) is 0 Å². The molecule has 2 saturated heterocycles. The van der Waals surface area contributed by atoms with Crippen LogP contribution in [-0.4, -0.2) is 38.6 Å². The Bertz CT molecular complexity index is 665. The Hall–Kier alpha value is -1.49. The zero-order valence-corrected chi connectivity index (χ0v) is 12.1. The number of hydrogen-bond donors (Lipinski definition) is 0. The van der Waals surface area contributed by atoms with E-state index in [0.717, 1.165) is 35.5 Å². The number of benzene rings is 2. The molecule has 2 atom stereocenters. The maximum atomic E-state index is 6.35. The number of halogens is 1. The topological polar surface area (TPSA) is 43.5 Å². The van der Waals surface area contributed by atoms with Crippen LogP contribution in [0.2, 0.25) is 5.02 Å². The summed E-state index contributed by atoms with van der Waals surface area (Å²) in [5, 5.41) is 2.50. The Morgan fingerprint density at radius 3 is 2.24 bits per heavy atom. The summed E-state index contributed by atoms with van der Waals surface area (Å²) in [6.07, 6.45) is 0.438. The standard InChI is InChI=1S/C16H15ClO4/c17-13-3-1-2-12-14(20-8-10-6-18-10)4-5-15(16(12)13)21-9-11-7-19-11/h1-5,10-11H,6-9H2. The van der Waals surface area contributed by atoms with E-state index >= 15 is 0 Å². The molecular weight excluding hydrogens is 292 g/mol. The van der Waals surface area contributed by atoms with Crippen LogP contribution in [0.4, 0.5) is 0 Å². The van der Waals surface area contributed by atoms with Crippen LogP contribution in [0, 0.1) is 0 Å². The van der Waals surface area contributed by atoms with E-state index in [1.807, 2.05) is 30.3 Å². The number of rotatable bonds is 6. The van der Waals surface area contributed by atoms with Crippen LogP contribution in [0.5, 0.6) is 11.5 Å². The molecule has 21 heavy (non-hydrogen) atoms. The smallest absolute Gasteiger partial charge is 0.129 e. The molecule has 5 heteroatoms. The van der Waals surface area contributed by atoms with Gasteiger partial charge in [0.05, 0.1) is 18.2 Å². The molecule has 110 valence electrons. The van der Waals surface area contributed by atoms with Crippen molar-refractivity contribution in [3.63, 3.8) is 0 Å². The SMILES string of the molecule is Clc1cccc2c(OCC3CO3)ccc(OCC3CO3)c12. The van der Waals surface area contributed by atoms with Gasteiger partial charge in [-0.15, -0.1) is 0 Å². The molecule has 4 nitrogen and oxygen atoms in total. The molecule has 0 saturated carbocycles. The van der Waals surface area contributed by atoms with Crippen molar-refractivity contribution < 1.29 is 18.9 Å². The van der Waals surface area contributed by atoms with Crippen molar-refractivity contribution in [2.45, 2.75) is 12.2 Å². The first-order chi connectivity index (χ1) is 10.3. The van der Waals surface area contributed by atoms with Crippen LogP contribution in [0.15, 0.2) is 30.3 Å². The number of hydrogen-bond acceptors (Lipinski definition) is 4. The summed E-state index contributed by atoms with van der Waals surface area (Å²) in [5.74, 6) is 1.57. The predicted molar refractivity (Wildman–Crippen MR) is 79.4 cm³/mol. The van der Waals surface area contributed by atoms with E-state index in [4.69, 9.17) is 30.5 Å². The highest BCUT2D eigenvalue weighted by Crippen LogP contribution is 2.38. The van der Waals surface area contributed by atoms with Crippen molar-refractivity contribution in [2.24, 2.45) is 0 Å². The van der Waals surface area contributed by atoms with Gasteiger partial charge in [-0.3, -0.25) is 0 Å². The van der Waals surface area contributed by atoms with Gasteiger partial charge in [-0.1, -0.05) is 23.7 Å². The number of ether oxygens (including phenoxy) is 4. The summed E-state index contributed by atoms with van der Waals surface area (Å²) < 4.78 is 22.0. The van der Waals surface area contributed by atoms with Gasteiger partial charge in [-0.2, -0.15) is 0 Å². The van der Waals surface area contributed by atoms with Crippen LogP contribution >= 0.6 is 11.6 Å². The van der Waals surface area contributed by atoms with Crippen molar-refractivity contribution in [3.05, 3.63) is 35.4 Å². The Balaban J connectivity index is 1.67. The van der Waals surface area contributed by atoms with Gasteiger partial charge in [0.25, 0.3) is 0 Å². The molecule has 2 unspecified atom stereocenters. The molecule has 2 aromatic rings. The average molecular weight is 307 g/mol. The molecule has 2 aromatic carbocycles. The van der Waals surface area contributed by atoms with Gasteiger partial charge in [0, 0.05) is 10.8 Å². The average Bonchev–Trinajstić information content (AvgIpc) is 3.38. The monoisotopic (exact) mass is 306 g/mol. The third-order valence-electron chi connectivity index (χ3n) is 3.57. The van der Waals surface area contributed by atoms with Gasteiger partial charge < -0.3 is 18.9 Å². The third-order valence-corrected chi connectivity index (χ3v) is 3.88. The number of epoxide rings is 2. The molecule has 0 aliphatic carbocycles. The lowest BCUT2D eigenvalue weighted by molar-refractivity contribution is 0.261. The zero-order chi connectivity index (χ0) is 14.2. The molecule has 4 rings (SSSR count). The molecule has 0 N–H and O–H groups in total. The molecule has 0 bridgehead atoms. The lowest BCUT2D eigenvalue weighted by Crippen LogP contribution is -2.06. The minimum atomic E-state index is 0.213. The van der Waals surface area contributed by atoms with Crippen LogP contribution in [0.1, 0.15) is 0 Å². The molecule has 2 aliphatic heterocycles. The molecule has 0 aromatic heterocycles. The second-order valence-corrected chi connectivity index (χ2v) is 5.66. The van der Waals surface area contributed by atoms with E-state index in [1.165, 1.54) is 0 Å². The quantitative estimate of drug-likeness (QED) is 0.769. The Labute approximate surface area is 127 Å². The normalized spacial score (nSPS) is 23.1. The molecule has 2 fully saturated rings. The highest BCUT2D eigenvalue weighted by atomic mass is 35.5. The van der Waals surface area contributed by atoms with Crippen molar-refractivity contribution in [2.75, 3.05) is 26.4 Å². The Kier molecular flexibility index (Phi) is 3.37. The van der Waals surface area contributed by atoms with E-state index in [2.05, 4.69) is 0 Å². The fourth-order valence-corrected chi connectivity index (χ4v) is 2.51. The van der Waals surface area contributed by atoms with Gasteiger partial charge in [-0.05, 0) is 18.2 Å². The minimum absolute atomic E-state index is 0.213. The fourth-order valence-electron chi connectivity index (χ4n) is 2.24. The van der Waals surface area contributed by atoms with Gasteiger partial charge in [0.2, 0.25) is 0 Å². The first-order valence-corrected chi connectivity index (χ1v) is 7.39. The van der Waals surface area contributed by atoms with Crippen molar-refractivity contribution >= 4 is 22.4 Å². The van der Waals surface area contributed by atoms with Crippen molar-refractivity contribution in [3.8, 4) is 11.5 Å². The summed E-state index contributed by atoms with van der Waals surface area (Å²) >= 11 is 6.35. The van der Waals surface area contributed by atoms with E-state index in [-0.39, 0.29) is 12.2 Å². The molecule has 2 aliphatic rings. The summed E-state index contributed by atoms with van der Waals surface area (Å²) in [6.45, 7) is 2.67. The maximum Gasteiger partial charge on any atom is 0.129 e. The Morgan fingerprint density at radius 1 is 0.952 bits per heavy atom. The summed E-state index contributed by atoms with van der Waals surface area (Å²) in [7, 11) is 0. The molecule has 0 amide bonds. The van der Waals surface area contributed by atoms with Crippen LogP contribution in [0.3, 0.4) is 0 Å². The first-order valence-electron chi connectivity index (χ1n) is 7.01. The third kappa shape index (κ3) is 2.93. The van der Waals surface area contributed by atoms with Crippen LogP contribution < -0.4 is 9.47 Å².